The number of pyridine rings is 2. The number of nitrogens with zero attached hydrogens (tertiary/aromatic N) is 3. The topological polar surface area (TPSA) is 113 Å². The third kappa shape index (κ3) is 4.65. The van der Waals surface area contributed by atoms with Crippen LogP contribution in [0.4, 0.5) is 0 Å². The summed E-state index contributed by atoms with van der Waals surface area (Å²) in [4.78, 5) is 25.9. The maximum atomic E-state index is 12.8. The zero-order valence-corrected chi connectivity index (χ0v) is 18.6. The molecule has 5 rings (SSSR count). The Morgan fingerprint density at radius 1 is 1.09 bits per heavy atom. The minimum Gasteiger partial charge on any atom is -0.392 e. The number of carbonyl (C=O) groups excluding carboxylic acids is 1. The fraction of sp³-hybridized carbons (Fsp3) is 0.185. The minimum absolute atomic E-state index is 0.00811. The zero-order chi connectivity index (χ0) is 23.5. The molecule has 0 fully saturated rings. The van der Waals surface area contributed by atoms with Gasteiger partial charge in [-0.15, -0.1) is 0 Å². The van der Waals surface area contributed by atoms with Crippen molar-refractivity contribution in [2.24, 2.45) is 22.6 Å². The molecule has 0 bridgehead atoms. The molecule has 0 spiro atoms. The Kier molecular flexibility index (Phi) is 6.01. The number of aliphatic hydroxyl groups is 1. The largest absolute Gasteiger partial charge is 0.392 e. The number of allylic oxidation sites excluding steroid dienone is 2. The Labute approximate surface area is 197 Å². The van der Waals surface area contributed by atoms with Crippen molar-refractivity contribution in [3.8, 4) is 0 Å². The molecule has 170 valence electrons. The summed E-state index contributed by atoms with van der Waals surface area (Å²) in [5.41, 5.74) is 11.1. The zero-order valence-electron chi connectivity index (χ0n) is 18.6. The molecular formula is C27H25N5O2. The van der Waals surface area contributed by atoms with E-state index in [2.05, 4.69) is 26.4 Å². The molecule has 2 unspecified atom stereocenters. The Morgan fingerprint density at radius 3 is 2.85 bits per heavy atom. The van der Waals surface area contributed by atoms with Crippen LogP contribution in [-0.2, 0) is 13.0 Å². The van der Waals surface area contributed by atoms with E-state index in [1.165, 1.54) is 0 Å². The molecule has 1 aliphatic heterocycles. The summed E-state index contributed by atoms with van der Waals surface area (Å²) in [5, 5.41) is 13.3. The van der Waals surface area contributed by atoms with Gasteiger partial charge in [-0.2, -0.15) is 0 Å². The summed E-state index contributed by atoms with van der Waals surface area (Å²) >= 11 is 0. The smallest absolute Gasteiger partial charge is 0.251 e. The van der Waals surface area contributed by atoms with Crippen LogP contribution in [0, 0.1) is 11.8 Å². The molecule has 3 aromatic rings. The van der Waals surface area contributed by atoms with Crippen LogP contribution in [-0.4, -0.2) is 33.4 Å². The lowest BCUT2D eigenvalue weighted by Gasteiger charge is -2.25. The molecule has 0 saturated heterocycles. The number of hydrogen-bond acceptors (Lipinski definition) is 6. The van der Waals surface area contributed by atoms with E-state index in [0.29, 0.717) is 24.4 Å². The number of nitrogens with one attached hydrogen (secondary N) is 1. The first-order valence-electron chi connectivity index (χ1n) is 11.2. The molecule has 7 nitrogen and oxygen atoms in total. The third-order valence-electron chi connectivity index (χ3n) is 6.11. The summed E-state index contributed by atoms with van der Waals surface area (Å²) in [5.74, 6) is 0.727. The van der Waals surface area contributed by atoms with Gasteiger partial charge in [0.1, 0.15) is 5.84 Å². The molecule has 1 aromatic carbocycles. The van der Waals surface area contributed by atoms with Crippen LogP contribution < -0.4 is 11.1 Å². The van der Waals surface area contributed by atoms with Crippen molar-refractivity contribution in [2.45, 2.75) is 13.0 Å². The van der Waals surface area contributed by atoms with Crippen LogP contribution in [0.25, 0.3) is 10.9 Å². The molecule has 1 amide bonds. The van der Waals surface area contributed by atoms with Gasteiger partial charge < -0.3 is 16.2 Å². The predicted molar refractivity (Wildman–Crippen MR) is 132 cm³/mol. The average Bonchev–Trinajstić information content (AvgIpc) is 2.87. The molecule has 1 aliphatic carbocycles. The van der Waals surface area contributed by atoms with Gasteiger partial charge in [0.2, 0.25) is 0 Å². The first-order chi connectivity index (χ1) is 16.6. The van der Waals surface area contributed by atoms with Gasteiger partial charge in [-0.05, 0) is 47.0 Å². The molecule has 3 heterocycles. The second kappa shape index (κ2) is 9.41. The summed E-state index contributed by atoms with van der Waals surface area (Å²) in [6.45, 7) is 0.425. The van der Waals surface area contributed by atoms with Gasteiger partial charge in [0.15, 0.2) is 0 Å². The lowest BCUT2D eigenvalue weighted by Crippen LogP contribution is -2.32. The van der Waals surface area contributed by atoms with E-state index in [0.717, 1.165) is 33.3 Å². The summed E-state index contributed by atoms with van der Waals surface area (Å²) < 4.78 is 0. The highest BCUT2D eigenvalue weighted by Gasteiger charge is 2.24. The highest BCUT2D eigenvalue weighted by atomic mass is 16.3. The molecule has 2 aliphatic rings. The Bertz CT molecular complexity index is 1370. The first kappa shape index (κ1) is 21.7. The third-order valence-corrected chi connectivity index (χ3v) is 6.11. The number of aromatic nitrogens is 2. The Balaban J connectivity index is 1.25. The van der Waals surface area contributed by atoms with E-state index < -0.39 is 0 Å². The molecule has 2 aromatic heterocycles. The van der Waals surface area contributed by atoms with Crippen LogP contribution in [0.15, 0.2) is 89.9 Å². The van der Waals surface area contributed by atoms with E-state index in [9.17, 15) is 9.90 Å². The molecule has 7 heteroatoms. The van der Waals surface area contributed by atoms with E-state index in [-0.39, 0.29) is 24.3 Å². The standard InChI is InChI=1S/C27H25N5O2/c28-26-24-3-1-17(9-20(24)5-8-30-26)14-32-27(34)21-6-7-29-23(13-21)12-19-11-22-10-18(16-33)2-4-25(22)31-15-19/h1-11,13,15,20,24,33H,12,14,16H2,(H2,28,30)(H,32,34). The van der Waals surface area contributed by atoms with Gasteiger partial charge in [0.25, 0.3) is 5.91 Å². The second-order valence-corrected chi connectivity index (χ2v) is 8.52. The number of carbonyl (C=O) groups is 1. The number of amidine groups is 1. The molecule has 34 heavy (non-hydrogen) atoms. The van der Waals surface area contributed by atoms with Gasteiger partial charge in [0, 0.05) is 60.0 Å². The fourth-order valence-corrected chi connectivity index (χ4v) is 4.30. The SMILES string of the molecule is NC1=NC=CC2C=C(CNC(=O)c3ccnc(Cc4cnc5ccc(CO)cc5c4)c3)C=CC12. The number of amides is 1. The van der Waals surface area contributed by atoms with Crippen molar-refractivity contribution in [1.29, 1.82) is 0 Å². The summed E-state index contributed by atoms with van der Waals surface area (Å²) in [7, 11) is 0. The van der Waals surface area contributed by atoms with Crippen LogP contribution in [0.1, 0.15) is 27.2 Å². The molecule has 0 saturated carbocycles. The van der Waals surface area contributed by atoms with Crippen LogP contribution in [0.5, 0.6) is 0 Å². The summed E-state index contributed by atoms with van der Waals surface area (Å²) in [6, 6.07) is 11.3. The van der Waals surface area contributed by atoms with Gasteiger partial charge in [-0.3, -0.25) is 14.8 Å². The van der Waals surface area contributed by atoms with Crippen LogP contribution >= 0.6 is 0 Å². The minimum atomic E-state index is -0.149. The van der Waals surface area contributed by atoms with Gasteiger partial charge in [0.05, 0.1) is 12.1 Å². The lowest BCUT2D eigenvalue weighted by molar-refractivity contribution is 0.0957. The second-order valence-electron chi connectivity index (χ2n) is 8.52. The van der Waals surface area contributed by atoms with E-state index >= 15 is 0 Å². The Morgan fingerprint density at radius 2 is 1.97 bits per heavy atom. The van der Waals surface area contributed by atoms with Gasteiger partial charge in [-0.1, -0.05) is 30.4 Å². The average molecular weight is 452 g/mol. The van der Waals surface area contributed by atoms with Crippen molar-refractivity contribution in [2.75, 3.05) is 6.54 Å². The number of nitrogens with two attached hydrogens (primary N) is 1. The van der Waals surface area contributed by atoms with E-state index in [1.54, 1.807) is 18.5 Å². The quantitative estimate of drug-likeness (QED) is 0.533. The highest BCUT2D eigenvalue weighted by Crippen LogP contribution is 2.27. The van der Waals surface area contributed by atoms with Crippen molar-refractivity contribution in [1.82, 2.24) is 15.3 Å². The van der Waals surface area contributed by atoms with E-state index in [4.69, 9.17) is 5.73 Å². The summed E-state index contributed by atoms with van der Waals surface area (Å²) in [6.07, 6.45) is 13.9. The highest BCUT2D eigenvalue weighted by molar-refractivity contribution is 5.94. The lowest BCUT2D eigenvalue weighted by atomic mass is 9.84. The molecule has 2 atom stereocenters. The van der Waals surface area contributed by atoms with Crippen molar-refractivity contribution < 1.29 is 9.90 Å². The predicted octanol–water partition coefficient (Wildman–Crippen LogP) is 3.06. The van der Waals surface area contributed by atoms with Crippen LogP contribution in [0.2, 0.25) is 0 Å². The van der Waals surface area contributed by atoms with Crippen LogP contribution in [0.3, 0.4) is 0 Å². The van der Waals surface area contributed by atoms with Gasteiger partial charge in [-0.25, -0.2) is 4.99 Å². The Hall–Kier alpha value is -4.10. The molecule has 4 N–H and O–H groups in total. The maximum Gasteiger partial charge on any atom is 0.251 e. The molecule has 0 radical (unpaired) electrons. The number of aliphatic hydroxyl groups excluding tert-OH is 1. The monoisotopic (exact) mass is 451 g/mol. The number of benzene rings is 1. The molecular weight excluding hydrogens is 426 g/mol. The number of rotatable bonds is 6. The van der Waals surface area contributed by atoms with Crippen molar-refractivity contribution in [3.63, 3.8) is 0 Å². The number of fused-ring (bicyclic) bond motifs is 2. The van der Waals surface area contributed by atoms with Crippen molar-refractivity contribution >= 4 is 22.6 Å². The maximum absolute atomic E-state index is 12.8. The number of hydrogen-bond donors (Lipinski definition) is 3. The number of aliphatic imine (C=N–C) groups is 1. The van der Waals surface area contributed by atoms with Gasteiger partial charge >= 0.3 is 0 Å². The fourth-order valence-electron chi connectivity index (χ4n) is 4.30. The first-order valence-corrected chi connectivity index (χ1v) is 11.2. The van der Waals surface area contributed by atoms with Crippen molar-refractivity contribution in [3.05, 3.63) is 107 Å². The van der Waals surface area contributed by atoms with E-state index in [1.807, 2.05) is 54.8 Å². The normalized spacial score (nSPS) is 18.9.